The first-order valence-corrected chi connectivity index (χ1v) is 10.3. The molecule has 2 heterocycles. The van der Waals surface area contributed by atoms with Gasteiger partial charge in [-0.3, -0.25) is 9.88 Å². The lowest BCUT2D eigenvalue weighted by Gasteiger charge is -2.21. The number of ether oxygens (including phenoxy) is 1. The van der Waals surface area contributed by atoms with Gasteiger partial charge in [-0.2, -0.15) is 11.8 Å². The van der Waals surface area contributed by atoms with Gasteiger partial charge in [0.05, 0.1) is 17.1 Å². The number of hydrogen-bond donors (Lipinski definition) is 1. The van der Waals surface area contributed by atoms with Gasteiger partial charge in [0.1, 0.15) is 6.61 Å². The van der Waals surface area contributed by atoms with E-state index in [1.54, 1.807) is 12.3 Å². The largest absolute Gasteiger partial charge is 0.504 e. The minimum absolute atomic E-state index is 0.180. The van der Waals surface area contributed by atoms with Gasteiger partial charge in [0, 0.05) is 35.7 Å². The molecule has 1 atom stereocenters. The van der Waals surface area contributed by atoms with Crippen molar-refractivity contribution in [2.45, 2.75) is 39.0 Å². The zero-order valence-corrected chi connectivity index (χ0v) is 16.8. The normalized spacial score (nSPS) is 15.8. The first-order chi connectivity index (χ1) is 12.5. The van der Waals surface area contributed by atoms with Crippen LogP contribution in [0.1, 0.15) is 30.3 Å². The van der Waals surface area contributed by atoms with Gasteiger partial charge in [0.2, 0.25) is 0 Å². The maximum Gasteiger partial charge on any atom is 0.165 e. The highest BCUT2D eigenvalue weighted by Gasteiger charge is 2.21. The second-order valence-corrected chi connectivity index (χ2v) is 8.16. The number of fused-ring (bicyclic) bond motifs is 1. The number of phenols is 1. The van der Waals surface area contributed by atoms with Gasteiger partial charge in [0.15, 0.2) is 11.5 Å². The molecule has 0 saturated carbocycles. The van der Waals surface area contributed by atoms with Crippen molar-refractivity contribution in [1.29, 1.82) is 0 Å². The third-order valence-corrected chi connectivity index (χ3v) is 5.84. The number of aromatic nitrogens is 2. The minimum Gasteiger partial charge on any atom is -0.504 e. The summed E-state index contributed by atoms with van der Waals surface area (Å²) in [5.41, 5.74) is 4.43. The number of aromatic hydroxyl groups is 1. The molecule has 2 aromatic rings. The molecule has 6 heteroatoms. The molecule has 0 aliphatic carbocycles. The van der Waals surface area contributed by atoms with Crippen molar-refractivity contribution in [2.75, 3.05) is 26.0 Å². The van der Waals surface area contributed by atoms with Crippen LogP contribution in [0.5, 0.6) is 11.5 Å². The molecule has 3 rings (SSSR count). The second-order valence-electron chi connectivity index (χ2n) is 6.89. The fraction of sp³-hybridized carbons (Fsp3) is 0.500. The lowest BCUT2D eigenvalue weighted by Crippen LogP contribution is -2.28. The van der Waals surface area contributed by atoms with Crippen LogP contribution < -0.4 is 4.74 Å². The van der Waals surface area contributed by atoms with Crippen molar-refractivity contribution >= 4 is 11.8 Å². The topological polar surface area (TPSA) is 58.5 Å². The van der Waals surface area contributed by atoms with Crippen molar-refractivity contribution in [1.82, 2.24) is 14.9 Å². The fourth-order valence-electron chi connectivity index (χ4n) is 3.17. The first kappa shape index (κ1) is 19.0. The fourth-order valence-corrected chi connectivity index (χ4v) is 3.51. The van der Waals surface area contributed by atoms with Crippen molar-refractivity contribution in [3.63, 3.8) is 0 Å². The van der Waals surface area contributed by atoms with E-state index in [1.807, 2.05) is 25.6 Å². The third kappa shape index (κ3) is 4.30. The molecule has 26 heavy (non-hydrogen) atoms. The van der Waals surface area contributed by atoms with Crippen molar-refractivity contribution in [2.24, 2.45) is 0 Å². The molecule has 0 bridgehead atoms. The Labute approximate surface area is 159 Å². The molecule has 0 saturated heterocycles. The summed E-state index contributed by atoms with van der Waals surface area (Å²) in [6, 6.07) is 3.82. The number of nitrogens with zero attached hydrogens (tertiary/aromatic N) is 3. The van der Waals surface area contributed by atoms with Crippen molar-refractivity contribution < 1.29 is 9.84 Å². The molecule has 1 N–H and O–H groups in total. The molecule has 1 aromatic heterocycles. The number of benzene rings is 1. The Kier molecular flexibility index (Phi) is 6.04. The van der Waals surface area contributed by atoms with E-state index in [0.717, 1.165) is 54.3 Å². The Morgan fingerprint density at radius 1 is 1.35 bits per heavy atom. The summed E-state index contributed by atoms with van der Waals surface area (Å²) in [6.45, 7) is 9.39. The van der Waals surface area contributed by atoms with Crippen LogP contribution in [0.4, 0.5) is 0 Å². The van der Waals surface area contributed by atoms with Crippen LogP contribution in [0.2, 0.25) is 0 Å². The summed E-state index contributed by atoms with van der Waals surface area (Å²) < 4.78 is 5.85. The van der Waals surface area contributed by atoms with Gasteiger partial charge in [-0.25, -0.2) is 4.98 Å². The van der Waals surface area contributed by atoms with E-state index < -0.39 is 0 Å². The first-order valence-electron chi connectivity index (χ1n) is 9.02. The third-order valence-electron chi connectivity index (χ3n) is 4.80. The van der Waals surface area contributed by atoms with Crippen LogP contribution in [0.3, 0.4) is 0 Å². The number of hydrogen-bond acceptors (Lipinski definition) is 6. The van der Waals surface area contributed by atoms with Gasteiger partial charge < -0.3 is 9.84 Å². The van der Waals surface area contributed by atoms with Crippen LogP contribution in [-0.2, 0) is 6.54 Å². The van der Waals surface area contributed by atoms with Gasteiger partial charge in [-0.1, -0.05) is 6.92 Å². The zero-order chi connectivity index (χ0) is 18.7. The molecule has 0 radical (unpaired) electrons. The number of rotatable bonds is 5. The molecule has 140 valence electrons. The van der Waals surface area contributed by atoms with Crippen LogP contribution in [0, 0.1) is 13.8 Å². The molecule has 5 nitrogen and oxygen atoms in total. The van der Waals surface area contributed by atoms with Gasteiger partial charge >= 0.3 is 0 Å². The molecule has 0 spiro atoms. The molecular formula is C20H27N3O2S. The van der Waals surface area contributed by atoms with Crippen molar-refractivity contribution in [3.8, 4) is 22.8 Å². The molecule has 1 aliphatic heterocycles. The standard InChI is InChI=1S/C20H27N3O2S/c1-13-11-21-15(3)19(22-13)16-9-17-12-23(6-5-14(2)26-4)7-8-25-20(17)18(24)10-16/h9-11,14,24H,5-8,12H2,1-4H3/t14-/m1/s1. The zero-order valence-electron chi connectivity index (χ0n) is 16.0. The lowest BCUT2D eigenvalue weighted by atomic mass is 10.0. The predicted molar refractivity (Wildman–Crippen MR) is 107 cm³/mol. The number of thioether (sulfide) groups is 1. The maximum absolute atomic E-state index is 10.5. The van der Waals surface area contributed by atoms with Gasteiger partial charge in [-0.05, 0) is 45.2 Å². The van der Waals surface area contributed by atoms with E-state index in [-0.39, 0.29) is 5.75 Å². The highest BCUT2D eigenvalue weighted by atomic mass is 32.2. The Hall–Kier alpha value is -1.79. The van der Waals surface area contributed by atoms with Crippen LogP contribution in [0.25, 0.3) is 11.3 Å². The summed E-state index contributed by atoms with van der Waals surface area (Å²) >= 11 is 1.90. The van der Waals surface area contributed by atoms with Crippen LogP contribution >= 0.6 is 11.8 Å². The molecule has 1 aliphatic rings. The van der Waals surface area contributed by atoms with E-state index in [0.29, 0.717) is 17.6 Å². The van der Waals surface area contributed by atoms with Crippen LogP contribution in [-0.4, -0.2) is 51.2 Å². The minimum atomic E-state index is 0.180. The lowest BCUT2D eigenvalue weighted by molar-refractivity contribution is 0.221. The second kappa shape index (κ2) is 8.27. The average molecular weight is 374 g/mol. The molecule has 0 unspecified atom stereocenters. The molecule has 0 amide bonds. The van der Waals surface area contributed by atoms with E-state index in [1.165, 1.54) is 0 Å². The summed E-state index contributed by atoms with van der Waals surface area (Å²) in [5, 5.41) is 11.2. The summed E-state index contributed by atoms with van der Waals surface area (Å²) in [5.74, 6) is 0.784. The predicted octanol–water partition coefficient (Wildman–Crippen LogP) is 3.80. The Balaban J connectivity index is 1.90. The molecule has 0 fully saturated rings. The Morgan fingerprint density at radius 2 is 2.15 bits per heavy atom. The molecular weight excluding hydrogens is 346 g/mol. The van der Waals surface area contributed by atoms with E-state index >= 15 is 0 Å². The summed E-state index contributed by atoms with van der Waals surface area (Å²) in [7, 11) is 0. The van der Waals surface area contributed by atoms with Gasteiger partial charge in [-0.15, -0.1) is 0 Å². The highest BCUT2D eigenvalue weighted by molar-refractivity contribution is 7.99. The SMILES string of the molecule is CS[C@H](C)CCN1CCOc2c(O)cc(-c3nc(C)cnc3C)cc2C1. The summed E-state index contributed by atoms with van der Waals surface area (Å²) in [6.07, 6.45) is 5.06. The molecule has 1 aromatic carbocycles. The quantitative estimate of drug-likeness (QED) is 0.860. The van der Waals surface area contributed by atoms with Crippen LogP contribution in [0.15, 0.2) is 18.3 Å². The number of aryl methyl sites for hydroxylation is 2. The highest BCUT2D eigenvalue weighted by Crippen LogP contribution is 2.37. The smallest absolute Gasteiger partial charge is 0.165 e. The van der Waals surface area contributed by atoms with E-state index in [2.05, 4.69) is 34.1 Å². The Morgan fingerprint density at radius 3 is 2.92 bits per heavy atom. The van der Waals surface area contributed by atoms with E-state index in [9.17, 15) is 5.11 Å². The monoisotopic (exact) mass is 373 g/mol. The average Bonchev–Trinajstić information content (AvgIpc) is 2.84. The maximum atomic E-state index is 10.5. The Bertz CT molecular complexity index is 782. The number of phenolic OH excluding ortho intramolecular Hbond substituents is 1. The van der Waals surface area contributed by atoms with E-state index in [4.69, 9.17) is 4.74 Å². The van der Waals surface area contributed by atoms with Gasteiger partial charge in [0.25, 0.3) is 0 Å². The summed E-state index contributed by atoms with van der Waals surface area (Å²) in [4.78, 5) is 11.4. The van der Waals surface area contributed by atoms with Crippen molar-refractivity contribution in [3.05, 3.63) is 35.3 Å².